The molecule has 1 heterocycles. The van der Waals surface area contributed by atoms with Crippen LogP contribution in [-0.2, 0) is 9.53 Å². The summed E-state index contributed by atoms with van der Waals surface area (Å²) in [6.07, 6.45) is -0.734. The highest BCUT2D eigenvalue weighted by Gasteiger charge is 2.57. The van der Waals surface area contributed by atoms with Crippen molar-refractivity contribution in [3.63, 3.8) is 0 Å². The van der Waals surface area contributed by atoms with Crippen molar-refractivity contribution in [1.82, 2.24) is 4.90 Å². The molecule has 0 bridgehead atoms. The fraction of sp³-hybridized carbons (Fsp3) is 0.818. The second-order valence-corrected chi connectivity index (χ2v) is 5.63. The SMILES string of the molecule is CC1(C)OC[C@](C=O)(C(C)(C)C)N1C(=O)[O-]. The van der Waals surface area contributed by atoms with Crippen LogP contribution in [0, 0.1) is 5.41 Å². The Morgan fingerprint density at radius 2 is 1.94 bits per heavy atom. The molecule has 92 valence electrons. The average molecular weight is 228 g/mol. The maximum absolute atomic E-state index is 11.4. The first kappa shape index (κ1) is 13.0. The topological polar surface area (TPSA) is 69.7 Å². The molecule has 1 aliphatic heterocycles. The third-order valence-corrected chi connectivity index (χ3v) is 3.26. The molecule has 0 aromatic heterocycles. The monoisotopic (exact) mass is 228 g/mol. The first-order chi connectivity index (χ1) is 7.08. The van der Waals surface area contributed by atoms with Gasteiger partial charge in [0.25, 0.3) is 0 Å². The van der Waals surface area contributed by atoms with Crippen LogP contribution in [0.5, 0.6) is 0 Å². The van der Waals surface area contributed by atoms with E-state index in [0.29, 0.717) is 6.29 Å². The molecular formula is C11H18NO4-. The van der Waals surface area contributed by atoms with Crippen molar-refractivity contribution in [3.05, 3.63) is 0 Å². The van der Waals surface area contributed by atoms with E-state index in [2.05, 4.69) is 0 Å². The molecule has 0 N–H and O–H groups in total. The smallest absolute Gasteiger partial charge is 0.148 e. The van der Waals surface area contributed by atoms with Crippen molar-refractivity contribution >= 4 is 12.4 Å². The summed E-state index contributed by atoms with van der Waals surface area (Å²) in [5.41, 5.74) is -2.77. The Hall–Kier alpha value is -1.10. The fourth-order valence-corrected chi connectivity index (χ4v) is 2.09. The summed E-state index contributed by atoms with van der Waals surface area (Å²) in [6.45, 7) is 8.70. The van der Waals surface area contributed by atoms with Gasteiger partial charge in [0.15, 0.2) is 0 Å². The summed E-state index contributed by atoms with van der Waals surface area (Å²) in [4.78, 5) is 23.6. The summed E-state index contributed by atoms with van der Waals surface area (Å²) >= 11 is 0. The van der Waals surface area contributed by atoms with E-state index < -0.39 is 22.8 Å². The predicted octanol–water partition coefficient (Wildman–Crippen LogP) is 0.382. The number of carbonyl (C=O) groups is 2. The van der Waals surface area contributed by atoms with Crippen molar-refractivity contribution < 1.29 is 19.4 Å². The fourth-order valence-electron chi connectivity index (χ4n) is 2.09. The minimum absolute atomic E-state index is 0.0565. The van der Waals surface area contributed by atoms with Gasteiger partial charge in [0, 0.05) is 0 Å². The highest BCUT2D eigenvalue weighted by molar-refractivity contribution is 5.77. The number of hydrogen-bond donors (Lipinski definition) is 0. The van der Waals surface area contributed by atoms with E-state index in [0.717, 1.165) is 4.90 Å². The number of nitrogens with zero attached hydrogens (tertiary/aromatic N) is 1. The van der Waals surface area contributed by atoms with E-state index in [1.54, 1.807) is 13.8 Å². The zero-order valence-electron chi connectivity index (χ0n) is 10.4. The molecule has 1 fully saturated rings. The van der Waals surface area contributed by atoms with Gasteiger partial charge >= 0.3 is 0 Å². The minimum atomic E-state index is -1.38. The highest BCUT2D eigenvalue weighted by Crippen LogP contribution is 2.44. The van der Waals surface area contributed by atoms with Gasteiger partial charge in [-0.3, -0.25) is 0 Å². The molecule has 0 aliphatic carbocycles. The van der Waals surface area contributed by atoms with Crippen LogP contribution in [0.4, 0.5) is 4.79 Å². The molecule has 1 rings (SSSR count). The van der Waals surface area contributed by atoms with Gasteiger partial charge in [-0.05, 0) is 19.3 Å². The van der Waals surface area contributed by atoms with E-state index in [1.807, 2.05) is 20.8 Å². The van der Waals surface area contributed by atoms with Crippen LogP contribution in [0.25, 0.3) is 0 Å². The third kappa shape index (κ3) is 1.59. The molecule has 0 aromatic carbocycles. The molecule has 5 nitrogen and oxygen atoms in total. The summed E-state index contributed by atoms with van der Waals surface area (Å²) < 4.78 is 5.42. The molecule has 1 saturated heterocycles. The van der Waals surface area contributed by atoms with Crippen LogP contribution in [-0.4, -0.2) is 35.2 Å². The van der Waals surface area contributed by atoms with E-state index in [9.17, 15) is 14.7 Å². The number of rotatable bonds is 1. The van der Waals surface area contributed by atoms with Gasteiger partial charge in [0.05, 0.1) is 6.61 Å². The summed E-state index contributed by atoms with van der Waals surface area (Å²) in [5.74, 6) is 0. The summed E-state index contributed by atoms with van der Waals surface area (Å²) in [7, 11) is 0. The lowest BCUT2D eigenvalue weighted by Gasteiger charge is -2.47. The molecule has 0 spiro atoms. The molecule has 0 unspecified atom stereocenters. The molecule has 1 amide bonds. The zero-order chi connectivity index (χ0) is 12.8. The number of ether oxygens (including phenoxy) is 1. The molecule has 1 aliphatic rings. The Morgan fingerprint density at radius 3 is 2.19 bits per heavy atom. The van der Waals surface area contributed by atoms with Crippen LogP contribution >= 0.6 is 0 Å². The molecule has 0 aromatic rings. The second kappa shape index (κ2) is 3.45. The Kier molecular flexibility index (Phi) is 2.79. The zero-order valence-corrected chi connectivity index (χ0v) is 10.4. The average Bonchev–Trinajstić information content (AvgIpc) is 2.36. The van der Waals surface area contributed by atoms with Crippen LogP contribution in [0.15, 0.2) is 0 Å². The molecule has 0 radical (unpaired) electrons. The van der Waals surface area contributed by atoms with Crippen LogP contribution in [0.2, 0.25) is 0 Å². The largest absolute Gasteiger partial charge is 0.530 e. The first-order valence-electron chi connectivity index (χ1n) is 5.20. The number of amides is 1. The van der Waals surface area contributed by atoms with E-state index in [1.165, 1.54) is 0 Å². The van der Waals surface area contributed by atoms with Crippen LogP contribution in [0.1, 0.15) is 34.6 Å². The van der Waals surface area contributed by atoms with E-state index in [-0.39, 0.29) is 6.61 Å². The molecular weight excluding hydrogens is 210 g/mol. The number of carboxylic acid groups (broad SMARTS) is 1. The van der Waals surface area contributed by atoms with E-state index in [4.69, 9.17) is 4.74 Å². The number of hydrogen-bond acceptors (Lipinski definition) is 4. The quantitative estimate of drug-likeness (QED) is 0.608. The lowest BCUT2D eigenvalue weighted by atomic mass is 9.74. The van der Waals surface area contributed by atoms with Crippen LogP contribution in [0.3, 0.4) is 0 Å². The van der Waals surface area contributed by atoms with Crippen molar-refractivity contribution in [3.8, 4) is 0 Å². The van der Waals surface area contributed by atoms with E-state index >= 15 is 0 Å². The van der Waals surface area contributed by atoms with Gasteiger partial charge < -0.3 is 24.3 Å². The summed E-state index contributed by atoms with van der Waals surface area (Å²) in [5, 5.41) is 11.2. The lowest BCUT2D eigenvalue weighted by Crippen LogP contribution is -2.65. The molecule has 1 atom stereocenters. The molecule has 16 heavy (non-hydrogen) atoms. The number of aldehydes is 1. The van der Waals surface area contributed by atoms with Gasteiger partial charge in [0.1, 0.15) is 23.6 Å². The van der Waals surface area contributed by atoms with Crippen molar-refractivity contribution in [2.24, 2.45) is 5.41 Å². The Bertz CT molecular complexity index is 315. The first-order valence-corrected chi connectivity index (χ1v) is 5.20. The normalized spacial score (nSPS) is 29.2. The third-order valence-electron chi connectivity index (χ3n) is 3.26. The van der Waals surface area contributed by atoms with Crippen LogP contribution < -0.4 is 5.11 Å². The molecule has 0 saturated carbocycles. The number of carbonyl (C=O) groups excluding carboxylic acids is 2. The minimum Gasteiger partial charge on any atom is -0.530 e. The van der Waals surface area contributed by atoms with Gasteiger partial charge in [-0.2, -0.15) is 0 Å². The Balaban J connectivity index is 3.32. The Morgan fingerprint density at radius 1 is 1.44 bits per heavy atom. The van der Waals surface area contributed by atoms with Crippen molar-refractivity contribution in [2.45, 2.75) is 45.9 Å². The Labute approximate surface area is 95.4 Å². The van der Waals surface area contributed by atoms with Gasteiger partial charge in [-0.1, -0.05) is 20.8 Å². The maximum atomic E-state index is 11.4. The summed E-state index contributed by atoms with van der Waals surface area (Å²) in [6, 6.07) is 0. The maximum Gasteiger partial charge on any atom is 0.148 e. The van der Waals surface area contributed by atoms with Gasteiger partial charge in [-0.25, -0.2) is 0 Å². The molecule has 5 heteroatoms. The van der Waals surface area contributed by atoms with Crippen molar-refractivity contribution in [2.75, 3.05) is 6.61 Å². The predicted molar refractivity (Wildman–Crippen MR) is 55.5 cm³/mol. The standard InChI is InChI=1S/C11H19NO4/c1-9(2,3)11(6-13)7-16-10(4,5)12(11)8(14)15/h6H,7H2,1-5H3,(H,14,15)/p-1/t11-/m1/s1. The van der Waals surface area contributed by atoms with Gasteiger partial charge in [0.2, 0.25) is 0 Å². The second-order valence-electron chi connectivity index (χ2n) is 5.63. The lowest BCUT2D eigenvalue weighted by molar-refractivity contribution is -0.281. The highest BCUT2D eigenvalue weighted by atomic mass is 16.5. The van der Waals surface area contributed by atoms with Gasteiger partial charge in [-0.15, -0.1) is 0 Å². The van der Waals surface area contributed by atoms with Crippen molar-refractivity contribution in [1.29, 1.82) is 0 Å².